The monoisotopic (exact) mass is 436 g/mol. The second kappa shape index (κ2) is 9.95. The fraction of sp³-hybridized carbons (Fsp3) is 0.684. The summed E-state index contributed by atoms with van der Waals surface area (Å²) in [5, 5.41) is 0. The van der Waals surface area contributed by atoms with E-state index in [1.165, 1.54) is 13.0 Å². The van der Waals surface area contributed by atoms with Crippen molar-refractivity contribution in [2.45, 2.75) is 79.5 Å². The van der Waals surface area contributed by atoms with Crippen molar-refractivity contribution in [2.75, 3.05) is 0 Å². The first-order valence-electron chi connectivity index (χ1n) is 9.08. The Morgan fingerprint density at radius 1 is 0.783 bits per heavy atom. The summed E-state index contributed by atoms with van der Waals surface area (Å²) in [6.45, 7) is 7.70. The Morgan fingerprint density at radius 3 is 1.61 bits per heavy atom. The molecule has 0 saturated carbocycles. The van der Waals surface area contributed by atoms with E-state index in [4.69, 9.17) is 0 Å². The van der Waals surface area contributed by atoms with Gasteiger partial charge in [0.25, 0.3) is 0 Å². The zero-order valence-corrected chi connectivity index (χ0v) is 17.9. The van der Waals surface area contributed by atoms with Crippen molar-refractivity contribution in [3.05, 3.63) is 29.1 Å². The van der Waals surface area contributed by atoms with Crippen LogP contribution in [0.3, 0.4) is 0 Å². The summed E-state index contributed by atoms with van der Waals surface area (Å²) >= 11 is -3.13. The predicted octanol–water partition coefficient (Wildman–Crippen LogP) is 6.47. The number of hydrogen-bond acceptors (Lipinski definition) is 0. The van der Waals surface area contributed by atoms with E-state index >= 15 is 0 Å². The number of rotatable bonds is 10. The Morgan fingerprint density at radius 2 is 1.22 bits per heavy atom. The Kier molecular flexibility index (Phi) is 9.02. The van der Waals surface area contributed by atoms with Crippen LogP contribution in [0.15, 0.2) is 6.07 Å². The second-order valence-electron chi connectivity index (χ2n) is 6.75. The van der Waals surface area contributed by atoms with Gasteiger partial charge in [-0.05, 0) is 0 Å². The first kappa shape index (κ1) is 20.9. The van der Waals surface area contributed by atoms with Crippen LogP contribution in [-0.2, 0) is 0 Å². The van der Waals surface area contributed by atoms with Crippen molar-refractivity contribution in [2.24, 2.45) is 0 Å². The van der Waals surface area contributed by atoms with Crippen LogP contribution in [-0.4, -0.2) is 18.4 Å². The van der Waals surface area contributed by atoms with Gasteiger partial charge in [-0.2, -0.15) is 0 Å². The van der Waals surface area contributed by atoms with Crippen LogP contribution in [0.1, 0.15) is 64.9 Å². The van der Waals surface area contributed by atoms with Gasteiger partial charge in [-0.1, -0.05) is 0 Å². The topological polar surface area (TPSA) is 0 Å². The molecule has 0 aliphatic carbocycles. The molecule has 0 bridgehead atoms. The van der Waals surface area contributed by atoms with Gasteiger partial charge in [-0.15, -0.1) is 0 Å². The molecule has 132 valence electrons. The maximum absolute atomic E-state index is 14.7. The summed E-state index contributed by atoms with van der Waals surface area (Å²) in [6.07, 6.45) is 6.28. The molecule has 0 amide bonds. The zero-order valence-electron chi connectivity index (χ0n) is 15.1. The zero-order chi connectivity index (χ0) is 17.5. The molecule has 0 N–H and O–H groups in total. The van der Waals surface area contributed by atoms with Crippen molar-refractivity contribution in [3.8, 4) is 0 Å². The number of halogens is 3. The third kappa shape index (κ3) is 5.14. The Bertz CT molecular complexity index is 478. The molecular formula is C19H31F3Sn. The molecule has 0 fully saturated rings. The average Bonchev–Trinajstić information content (AvgIpc) is 2.56. The third-order valence-corrected chi connectivity index (χ3v) is 20.5. The van der Waals surface area contributed by atoms with E-state index < -0.39 is 35.8 Å². The molecule has 0 aliphatic heterocycles. The summed E-state index contributed by atoms with van der Waals surface area (Å²) in [5.74, 6) is -2.29. The fourth-order valence-electron chi connectivity index (χ4n) is 3.40. The van der Waals surface area contributed by atoms with E-state index in [1.54, 1.807) is 0 Å². The number of benzene rings is 1. The molecule has 0 aliphatic rings. The van der Waals surface area contributed by atoms with E-state index in [1.807, 2.05) is 0 Å². The van der Waals surface area contributed by atoms with Crippen molar-refractivity contribution >= 4 is 22.0 Å². The van der Waals surface area contributed by atoms with Gasteiger partial charge in [-0.3, -0.25) is 0 Å². The molecule has 23 heavy (non-hydrogen) atoms. The molecule has 0 atom stereocenters. The SMILES string of the molecule is CCC[CH2][Sn]([CH2]CCC)([CH2]CCC)[c]1cc(F)c(C)c(F)c1F. The van der Waals surface area contributed by atoms with Gasteiger partial charge < -0.3 is 0 Å². The van der Waals surface area contributed by atoms with E-state index in [9.17, 15) is 13.2 Å². The molecule has 0 radical (unpaired) electrons. The molecule has 0 heterocycles. The van der Waals surface area contributed by atoms with Crippen LogP contribution in [0.25, 0.3) is 0 Å². The quantitative estimate of drug-likeness (QED) is 0.292. The molecule has 1 aromatic rings. The van der Waals surface area contributed by atoms with E-state index in [-0.39, 0.29) is 5.56 Å². The Labute approximate surface area is 143 Å². The van der Waals surface area contributed by atoms with Gasteiger partial charge in [0.15, 0.2) is 0 Å². The second-order valence-corrected chi connectivity index (χ2v) is 19.9. The number of hydrogen-bond donors (Lipinski definition) is 0. The van der Waals surface area contributed by atoms with Gasteiger partial charge in [0.1, 0.15) is 0 Å². The maximum atomic E-state index is 14.7. The summed E-state index contributed by atoms with van der Waals surface area (Å²) in [4.78, 5) is 0. The normalized spacial score (nSPS) is 12.0. The molecule has 0 spiro atoms. The molecule has 0 nitrogen and oxygen atoms in total. The van der Waals surface area contributed by atoms with Crippen LogP contribution in [0, 0.1) is 24.4 Å². The number of unbranched alkanes of at least 4 members (excludes halogenated alkanes) is 3. The summed E-state index contributed by atoms with van der Waals surface area (Å²) < 4.78 is 46.5. The van der Waals surface area contributed by atoms with E-state index in [2.05, 4.69) is 20.8 Å². The summed E-state index contributed by atoms with van der Waals surface area (Å²) in [7, 11) is 0. The summed E-state index contributed by atoms with van der Waals surface area (Å²) in [5.41, 5.74) is -0.187. The third-order valence-electron chi connectivity index (χ3n) is 4.99. The minimum absolute atomic E-state index is 0.187. The molecule has 1 aromatic carbocycles. The van der Waals surface area contributed by atoms with Crippen molar-refractivity contribution < 1.29 is 13.2 Å². The molecular weight excluding hydrogens is 404 g/mol. The van der Waals surface area contributed by atoms with Crippen LogP contribution in [0.5, 0.6) is 0 Å². The van der Waals surface area contributed by atoms with Crippen molar-refractivity contribution in [1.29, 1.82) is 0 Å². The predicted molar refractivity (Wildman–Crippen MR) is 95.6 cm³/mol. The minimum atomic E-state index is -3.13. The molecule has 0 unspecified atom stereocenters. The standard InChI is InChI=1S/C7H4F3.3C4H9.Sn/c1-4-5(8)2-3-6(9)7(4)10;3*1-3-4-2;/h2H,1H3;3*1,3-4H2,2H3;. The van der Waals surface area contributed by atoms with Gasteiger partial charge in [-0.25, -0.2) is 0 Å². The Hall–Kier alpha value is -0.191. The van der Waals surface area contributed by atoms with Crippen LogP contribution >= 0.6 is 0 Å². The van der Waals surface area contributed by atoms with E-state index in [0.717, 1.165) is 51.8 Å². The molecule has 1 rings (SSSR count). The summed E-state index contributed by atoms with van der Waals surface area (Å²) in [6, 6.07) is 1.35. The van der Waals surface area contributed by atoms with Crippen LogP contribution < -0.4 is 3.58 Å². The average molecular weight is 435 g/mol. The van der Waals surface area contributed by atoms with Gasteiger partial charge in [0.05, 0.1) is 0 Å². The molecule has 0 saturated heterocycles. The van der Waals surface area contributed by atoms with Gasteiger partial charge >= 0.3 is 144 Å². The van der Waals surface area contributed by atoms with Crippen LogP contribution in [0.2, 0.25) is 13.3 Å². The first-order valence-corrected chi connectivity index (χ1v) is 16.6. The van der Waals surface area contributed by atoms with Crippen molar-refractivity contribution in [1.82, 2.24) is 0 Å². The molecule has 0 aromatic heterocycles. The fourth-order valence-corrected chi connectivity index (χ4v) is 19.5. The van der Waals surface area contributed by atoms with Crippen LogP contribution in [0.4, 0.5) is 13.2 Å². The Balaban J connectivity index is 3.40. The van der Waals surface area contributed by atoms with Gasteiger partial charge in [0, 0.05) is 0 Å². The van der Waals surface area contributed by atoms with E-state index in [0.29, 0.717) is 3.58 Å². The first-order chi connectivity index (χ1) is 10.9. The van der Waals surface area contributed by atoms with Gasteiger partial charge in [0.2, 0.25) is 0 Å². The molecule has 4 heteroatoms. The van der Waals surface area contributed by atoms with Crippen molar-refractivity contribution in [3.63, 3.8) is 0 Å².